The van der Waals surface area contributed by atoms with Crippen molar-refractivity contribution < 1.29 is 42.9 Å². The van der Waals surface area contributed by atoms with Gasteiger partial charge in [-0.3, -0.25) is 14.4 Å². The van der Waals surface area contributed by atoms with Gasteiger partial charge in [-0.25, -0.2) is 4.79 Å². The Hall–Kier alpha value is -2.58. The molecule has 3 atom stereocenters. The monoisotopic (exact) mass is 344 g/mol. The van der Waals surface area contributed by atoms with Gasteiger partial charge in [0.25, 0.3) is 0 Å². The van der Waals surface area contributed by atoms with Crippen molar-refractivity contribution in [2.75, 3.05) is 13.7 Å². The average molecular weight is 344 g/mol. The molecule has 1 rings (SSSR count). The van der Waals surface area contributed by atoms with Crippen LogP contribution in [0.4, 0.5) is 0 Å². The van der Waals surface area contributed by atoms with Gasteiger partial charge < -0.3 is 23.7 Å². The van der Waals surface area contributed by atoms with Gasteiger partial charge in [-0.2, -0.15) is 0 Å². The number of ether oxygens (including phenoxy) is 5. The first kappa shape index (κ1) is 19.5. The lowest BCUT2D eigenvalue weighted by molar-refractivity contribution is -0.179. The van der Waals surface area contributed by atoms with E-state index in [0.717, 1.165) is 0 Å². The predicted molar refractivity (Wildman–Crippen MR) is 77.3 cm³/mol. The van der Waals surface area contributed by atoms with Crippen molar-refractivity contribution >= 4 is 23.9 Å². The van der Waals surface area contributed by atoms with E-state index in [1.165, 1.54) is 34.0 Å². The van der Waals surface area contributed by atoms with Crippen LogP contribution in [0.5, 0.6) is 0 Å². The van der Waals surface area contributed by atoms with Gasteiger partial charge in [-0.05, 0) is 0 Å². The summed E-state index contributed by atoms with van der Waals surface area (Å²) in [4.78, 5) is 45.2. The number of hydrogen-bond acceptors (Lipinski definition) is 9. The first-order valence-electron chi connectivity index (χ1n) is 7.19. The molecule has 0 aromatic rings. The van der Waals surface area contributed by atoms with Crippen LogP contribution in [0.2, 0.25) is 0 Å². The fourth-order valence-corrected chi connectivity index (χ4v) is 2.11. The number of rotatable bonds is 6. The largest absolute Gasteiger partial charge is 0.479 e. The van der Waals surface area contributed by atoms with Crippen LogP contribution in [0.3, 0.4) is 0 Å². The first-order chi connectivity index (χ1) is 11.2. The molecule has 3 unspecified atom stereocenters. The smallest absolute Gasteiger partial charge is 0.373 e. The Morgan fingerprint density at radius 1 is 1.04 bits per heavy atom. The Kier molecular flexibility index (Phi) is 7.22. The van der Waals surface area contributed by atoms with E-state index < -0.39 is 42.2 Å². The summed E-state index contributed by atoms with van der Waals surface area (Å²) < 4.78 is 25.1. The molecule has 9 heteroatoms. The minimum atomic E-state index is -1.03. The van der Waals surface area contributed by atoms with Crippen LogP contribution in [0.1, 0.15) is 27.2 Å². The molecule has 0 radical (unpaired) electrons. The lowest BCUT2D eigenvalue weighted by atomic mass is 10.0. The molecule has 0 fully saturated rings. The molecule has 24 heavy (non-hydrogen) atoms. The molecule has 0 aromatic carbocycles. The van der Waals surface area contributed by atoms with E-state index in [9.17, 15) is 19.2 Å². The molecule has 0 amide bonds. The van der Waals surface area contributed by atoms with Gasteiger partial charge in [0.15, 0.2) is 12.2 Å². The zero-order chi connectivity index (χ0) is 18.3. The second-order valence-corrected chi connectivity index (χ2v) is 4.96. The summed E-state index contributed by atoms with van der Waals surface area (Å²) in [5, 5.41) is 0. The molecule has 134 valence electrons. The second-order valence-electron chi connectivity index (χ2n) is 4.96. The van der Waals surface area contributed by atoms with Crippen molar-refractivity contribution in [1.29, 1.82) is 0 Å². The minimum absolute atomic E-state index is 0.0288. The topological polar surface area (TPSA) is 114 Å². The average Bonchev–Trinajstić information content (AvgIpc) is 2.47. The molecule has 0 N–H and O–H groups in total. The zero-order valence-electron chi connectivity index (χ0n) is 13.9. The normalized spacial score (nSPS) is 22.5. The van der Waals surface area contributed by atoms with E-state index in [2.05, 4.69) is 4.74 Å². The van der Waals surface area contributed by atoms with Gasteiger partial charge in [0, 0.05) is 33.3 Å². The number of hydrogen-bond donors (Lipinski definition) is 0. The SMILES string of the molecule is COC(=O)C1=CC(OC(C)=O)C(OC(C)=O)C(CCOC(C)=O)O1. The van der Waals surface area contributed by atoms with Crippen molar-refractivity contribution in [2.45, 2.75) is 45.5 Å². The predicted octanol–water partition coefficient (Wildman–Crippen LogP) is 0.259. The molecule has 0 aliphatic carbocycles. The Bertz CT molecular complexity index is 537. The molecule has 1 aliphatic rings. The summed E-state index contributed by atoms with van der Waals surface area (Å²) in [6.45, 7) is 3.58. The van der Waals surface area contributed by atoms with Gasteiger partial charge in [-0.1, -0.05) is 0 Å². The molecule has 1 heterocycles. The molecule has 0 bridgehead atoms. The number of carbonyl (C=O) groups is 4. The van der Waals surface area contributed by atoms with Crippen LogP contribution in [-0.2, 0) is 42.9 Å². The standard InChI is InChI=1S/C15H20O9/c1-8(16)21-6-5-11-14(23-10(3)18)12(22-9(2)17)7-13(24-11)15(19)20-4/h7,11-12,14H,5-6H2,1-4H3. The summed E-state index contributed by atoms with van der Waals surface area (Å²) in [5.41, 5.74) is 0. The van der Waals surface area contributed by atoms with E-state index in [-0.39, 0.29) is 18.8 Å². The summed E-state index contributed by atoms with van der Waals surface area (Å²) in [6.07, 6.45) is -1.56. The Morgan fingerprint density at radius 2 is 1.67 bits per heavy atom. The lowest BCUT2D eigenvalue weighted by Gasteiger charge is -2.35. The van der Waals surface area contributed by atoms with Gasteiger partial charge >= 0.3 is 23.9 Å². The van der Waals surface area contributed by atoms with Crippen LogP contribution in [0.15, 0.2) is 11.8 Å². The van der Waals surface area contributed by atoms with Gasteiger partial charge in [-0.15, -0.1) is 0 Å². The molecule has 1 aliphatic heterocycles. The maximum atomic E-state index is 11.7. The minimum Gasteiger partial charge on any atom is -0.479 e. The van der Waals surface area contributed by atoms with E-state index in [1.54, 1.807) is 0 Å². The fraction of sp³-hybridized carbons (Fsp3) is 0.600. The Morgan fingerprint density at radius 3 is 2.17 bits per heavy atom. The van der Waals surface area contributed by atoms with Crippen LogP contribution in [-0.4, -0.2) is 55.9 Å². The number of esters is 4. The third-order valence-electron chi connectivity index (χ3n) is 2.98. The molecule has 0 spiro atoms. The third kappa shape index (κ3) is 5.90. The summed E-state index contributed by atoms with van der Waals surface area (Å²) >= 11 is 0. The highest BCUT2D eigenvalue weighted by Gasteiger charge is 2.41. The van der Waals surface area contributed by atoms with Crippen LogP contribution >= 0.6 is 0 Å². The van der Waals surface area contributed by atoms with E-state index in [4.69, 9.17) is 18.9 Å². The highest BCUT2D eigenvalue weighted by molar-refractivity contribution is 5.86. The van der Waals surface area contributed by atoms with Gasteiger partial charge in [0.05, 0.1) is 13.7 Å². The molecule has 9 nitrogen and oxygen atoms in total. The highest BCUT2D eigenvalue weighted by atomic mass is 16.6. The molecule has 0 saturated heterocycles. The quantitative estimate of drug-likeness (QED) is 0.494. The van der Waals surface area contributed by atoms with Crippen molar-refractivity contribution in [3.05, 3.63) is 11.8 Å². The summed E-state index contributed by atoms with van der Waals surface area (Å²) in [5.74, 6) is -2.69. The lowest BCUT2D eigenvalue weighted by Crippen LogP contribution is -2.47. The second kappa shape index (κ2) is 8.90. The van der Waals surface area contributed by atoms with Crippen LogP contribution in [0.25, 0.3) is 0 Å². The van der Waals surface area contributed by atoms with Gasteiger partial charge in [0.1, 0.15) is 6.10 Å². The highest BCUT2D eigenvalue weighted by Crippen LogP contribution is 2.26. The zero-order valence-corrected chi connectivity index (χ0v) is 13.9. The molecular formula is C15H20O9. The van der Waals surface area contributed by atoms with E-state index >= 15 is 0 Å². The number of methoxy groups -OCH3 is 1. The van der Waals surface area contributed by atoms with Crippen molar-refractivity contribution in [1.82, 2.24) is 0 Å². The number of carbonyl (C=O) groups excluding carboxylic acids is 4. The Labute approximate surface area is 138 Å². The van der Waals surface area contributed by atoms with Crippen molar-refractivity contribution in [3.63, 3.8) is 0 Å². The van der Waals surface area contributed by atoms with E-state index in [0.29, 0.717) is 0 Å². The molecule has 0 saturated carbocycles. The third-order valence-corrected chi connectivity index (χ3v) is 2.98. The molecule has 0 aromatic heterocycles. The van der Waals surface area contributed by atoms with Crippen molar-refractivity contribution in [3.8, 4) is 0 Å². The summed E-state index contributed by atoms with van der Waals surface area (Å²) in [6, 6.07) is 0. The van der Waals surface area contributed by atoms with E-state index in [1.807, 2.05) is 0 Å². The maximum Gasteiger partial charge on any atom is 0.373 e. The fourth-order valence-electron chi connectivity index (χ4n) is 2.11. The Balaban J connectivity index is 3.03. The first-order valence-corrected chi connectivity index (χ1v) is 7.19. The van der Waals surface area contributed by atoms with Gasteiger partial charge in [0.2, 0.25) is 5.76 Å². The molecular weight excluding hydrogens is 324 g/mol. The van der Waals surface area contributed by atoms with Crippen LogP contribution < -0.4 is 0 Å². The maximum absolute atomic E-state index is 11.7. The van der Waals surface area contributed by atoms with Crippen molar-refractivity contribution in [2.24, 2.45) is 0 Å². The summed E-state index contributed by atoms with van der Waals surface area (Å²) in [7, 11) is 1.17. The van der Waals surface area contributed by atoms with Crippen LogP contribution in [0, 0.1) is 0 Å².